The first-order valence-electron chi connectivity index (χ1n) is 12.1. The number of aryl methyl sites for hydroxylation is 2. The maximum Gasteiger partial charge on any atom is 0.281 e. The highest BCUT2D eigenvalue weighted by Crippen LogP contribution is 2.38. The zero-order valence-electron chi connectivity index (χ0n) is 22.0. The lowest BCUT2D eigenvalue weighted by Gasteiger charge is -2.26. The number of amides is 2. The van der Waals surface area contributed by atoms with Gasteiger partial charge in [0.25, 0.3) is 11.8 Å². The Kier molecular flexibility index (Phi) is 8.16. The van der Waals surface area contributed by atoms with E-state index in [4.69, 9.17) is 10.5 Å². The van der Waals surface area contributed by atoms with Crippen molar-refractivity contribution < 1.29 is 22.8 Å². The van der Waals surface area contributed by atoms with Gasteiger partial charge in [0.15, 0.2) is 0 Å². The molecule has 3 aromatic rings. The third-order valence-corrected chi connectivity index (χ3v) is 9.33. The van der Waals surface area contributed by atoms with Gasteiger partial charge in [-0.25, -0.2) is 13.1 Å². The first-order valence-corrected chi connectivity index (χ1v) is 14.4. The average molecular weight is 580 g/mol. The summed E-state index contributed by atoms with van der Waals surface area (Å²) in [5.74, 6) is -1.06. The maximum absolute atomic E-state index is 13.7. The fourth-order valence-electron chi connectivity index (χ4n) is 4.41. The second-order valence-electron chi connectivity index (χ2n) is 9.11. The van der Waals surface area contributed by atoms with Gasteiger partial charge in [0.1, 0.15) is 18.1 Å². The van der Waals surface area contributed by atoms with Crippen LogP contribution in [0.1, 0.15) is 49.5 Å². The maximum atomic E-state index is 13.7. The van der Waals surface area contributed by atoms with Gasteiger partial charge >= 0.3 is 0 Å². The minimum Gasteiger partial charge on any atom is -0.337 e. The summed E-state index contributed by atoms with van der Waals surface area (Å²) in [7, 11) is -4.12. The molecule has 206 valence electrons. The van der Waals surface area contributed by atoms with Crippen molar-refractivity contribution in [2.45, 2.75) is 38.6 Å². The zero-order valence-corrected chi connectivity index (χ0v) is 23.6. The predicted molar refractivity (Wildman–Crippen MR) is 145 cm³/mol. The molecular weight excluding hydrogens is 554 g/mol. The molecule has 0 spiro atoms. The third-order valence-electron chi connectivity index (χ3n) is 6.39. The van der Waals surface area contributed by atoms with Crippen molar-refractivity contribution in [1.29, 1.82) is 10.5 Å². The molecule has 0 atom stereocenters. The summed E-state index contributed by atoms with van der Waals surface area (Å²) in [5.41, 5.74) is 2.51. The van der Waals surface area contributed by atoms with Gasteiger partial charge in [-0.1, -0.05) is 0 Å². The number of nitrogens with one attached hydrogen (secondary N) is 1. The highest BCUT2D eigenvalue weighted by atomic mass is 32.2. The average Bonchev–Trinajstić information content (AvgIpc) is 3.45. The van der Waals surface area contributed by atoms with Crippen molar-refractivity contribution in [3.8, 4) is 12.1 Å². The van der Waals surface area contributed by atoms with Gasteiger partial charge in [-0.05, 0) is 56.2 Å². The number of carbonyl (C=O) groups excluding carboxylic acids is 3. The van der Waals surface area contributed by atoms with E-state index >= 15 is 0 Å². The molecule has 0 saturated carbocycles. The number of nitriles is 2. The van der Waals surface area contributed by atoms with Crippen LogP contribution < -0.4 is 5.32 Å². The van der Waals surface area contributed by atoms with Crippen LogP contribution in [-0.2, 0) is 27.8 Å². The number of benzene rings is 1. The minimum atomic E-state index is -4.12. The van der Waals surface area contributed by atoms with E-state index in [0.717, 1.165) is 14.7 Å². The Labute approximate surface area is 235 Å². The number of carbonyl (C=O) groups is 3. The van der Waals surface area contributed by atoms with Crippen LogP contribution in [0.4, 0.5) is 5.00 Å². The van der Waals surface area contributed by atoms with Gasteiger partial charge in [0.05, 0.1) is 34.8 Å². The Balaban J connectivity index is 1.66. The Morgan fingerprint density at radius 3 is 2.33 bits per heavy atom. The molecule has 2 aromatic heterocycles. The summed E-state index contributed by atoms with van der Waals surface area (Å²) in [6.45, 7) is 4.79. The van der Waals surface area contributed by atoms with Crippen LogP contribution in [0.3, 0.4) is 0 Å². The van der Waals surface area contributed by atoms with Crippen molar-refractivity contribution >= 4 is 44.1 Å². The number of hydrogen-bond acceptors (Lipinski definition) is 9. The summed E-state index contributed by atoms with van der Waals surface area (Å²) in [5, 5.41) is 25.2. The molecule has 14 heteroatoms. The van der Waals surface area contributed by atoms with Crippen molar-refractivity contribution in [2.24, 2.45) is 0 Å². The normalized spacial score (nSPS) is 12.9. The van der Waals surface area contributed by atoms with Crippen LogP contribution in [0.15, 0.2) is 35.2 Å². The van der Waals surface area contributed by atoms with Crippen LogP contribution in [-0.4, -0.2) is 64.8 Å². The first-order chi connectivity index (χ1) is 19.0. The number of anilines is 1. The molecule has 3 heterocycles. The van der Waals surface area contributed by atoms with Gasteiger partial charge < -0.3 is 10.2 Å². The van der Waals surface area contributed by atoms with E-state index in [-0.39, 0.29) is 16.4 Å². The molecule has 4 rings (SSSR count). The molecule has 12 nitrogen and oxygen atoms in total. The summed E-state index contributed by atoms with van der Waals surface area (Å²) in [6, 6.07) is 10.3. The number of fused-ring (bicyclic) bond motifs is 1. The summed E-state index contributed by atoms with van der Waals surface area (Å²) in [6.07, 6.45) is 0.441. The lowest BCUT2D eigenvalue weighted by Crippen LogP contribution is -2.34. The van der Waals surface area contributed by atoms with E-state index in [1.807, 2.05) is 0 Å². The number of nitrogens with zero attached hydrogens (tertiary/aromatic N) is 6. The lowest BCUT2D eigenvalue weighted by molar-refractivity contribution is -0.129. The molecule has 0 radical (unpaired) electrons. The van der Waals surface area contributed by atoms with Gasteiger partial charge in [-0.15, -0.1) is 11.3 Å². The van der Waals surface area contributed by atoms with E-state index in [1.165, 1.54) is 47.2 Å². The van der Waals surface area contributed by atoms with Crippen molar-refractivity contribution in [3.05, 3.63) is 63.3 Å². The van der Waals surface area contributed by atoms with Crippen LogP contribution in [0.25, 0.3) is 0 Å². The molecule has 0 saturated heterocycles. The summed E-state index contributed by atoms with van der Waals surface area (Å²) >= 11 is 1.21. The van der Waals surface area contributed by atoms with Crippen molar-refractivity contribution in [2.75, 3.05) is 25.0 Å². The molecule has 1 aromatic carbocycles. The SMILES string of the molecule is CC(=O)N1CCc2c(sc(NC(=O)c3ccc(S(=O)(=O)N(CC#N)CC#N)cc3)c2C(=O)n2nc(C)cc2C)C1. The molecule has 0 fully saturated rings. The number of thiophene rings is 1. The summed E-state index contributed by atoms with van der Waals surface area (Å²) < 4.78 is 27.6. The Morgan fingerprint density at radius 1 is 1.12 bits per heavy atom. The number of rotatable bonds is 7. The van der Waals surface area contributed by atoms with Gasteiger partial charge in [-0.2, -0.15) is 19.9 Å². The Bertz CT molecular complexity index is 1680. The van der Waals surface area contributed by atoms with Crippen LogP contribution in [0.5, 0.6) is 0 Å². The molecule has 0 unspecified atom stereocenters. The number of sulfonamides is 1. The first kappa shape index (κ1) is 28.6. The van der Waals surface area contributed by atoms with E-state index in [2.05, 4.69) is 10.4 Å². The van der Waals surface area contributed by atoms with Crippen molar-refractivity contribution in [1.82, 2.24) is 19.0 Å². The molecular formula is C26H25N7O5S2. The van der Waals surface area contributed by atoms with Crippen molar-refractivity contribution in [3.63, 3.8) is 0 Å². The quantitative estimate of drug-likeness (QED) is 0.416. The number of aromatic nitrogens is 2. The van der Waals surface area contributed by atoms with Gasteiger partial charge in [0.2, 0.25) is 15.9 Å². The van der Waals surface area contributed by atoms with Crippen LogP contribution >= 0.6 is 11.3 Å². The molecule has 1 aliphatic heterocycles. The Hall–Kier alpha value is -4.37. The third kappa shape index (κ3) is 5.51. The molecule has 40 heavy (non-hydrogen) atoms. The van der Waals surface area contributed by atoms with E-state index in [0.29, 0.717) is 41.5 Å². The van der Waals surface area contributed by atoms with Crippen LogP contribution in [0.2, 0.25) is 0 Å². The summed E-state index contributed by atoms with van der Waals surface area (Å²) in [4.78, 5) is 41.2. The van der Waals surface area contributed by atoms with Gasteiger partial charge in [0, 0.05) is 29.6 Å². The second-order valence-corrected chi connectivity index (χ2v) is 12.2. The second kappa shape index (κ2) is 11.4. The lowest BCUT2D eigenvalue weighted by atomic mass is 10.0. The predicted octanol–water partition coefficient (Wildman–Crippen LogP) is 2.44. The minimum absolute atomic E-state index is 0.0887. The standard InChI is InChI=1S/C26H25N7O5S2/c1-16-14-17(2)33(30-16)26(36)23-21-8-11-31(18(3)34)15-22(21)39-25(23)29-24(35)19-4-6-20(7-5-19)40(37,38)32(12-9-27)13-10-28/h4-7,14H,8,11-13,15H2,1-3H3,(H,29,35). The molecule has 0 bridgehead atoms. The highest BCUT2D eigenvalue weighted by Gasteiger charge is 2.31. The Morgan fingerprint density at radius 2 is 1.77 bits per heavy atom. The highest BCUT2D eigenvalue weighted by molar-refractivity contribution is 7.89. The molecule has 0 aliphatic carbocycles. The monoisotopic (exact) mass is 579 g/mol. The fourth-order valence-corrected chi connectivity index (χ4v) is 6.90. The zero-order chi connectivity index (χ0) is 29.2. The van der Waals surface area contributed by atoms with E-state index in [1.54, 1.807) is 37.0 Å². The molecule has 2 amide bonds. The number of hydrogen-bond donors (Lipinski definition) is 1. The van der Waals surface area contributed by atoms with E-state index < -0.39 is 34.9 Å². The largest absolute Gasteiger partial charge is 0.337 e. The molecule has 1 aliphatic rings. The van der Waals surface area contributed by atoms with Gasteiger partial charge in [-0.3, -0.25) is 14.4 Å². The van der Waals surface area contributed by atoms with E-state index in [9.17, 15) is 22.8 Å². The van der Waals surface area contributed by atoms with Crippen LogP contribution in [0, 0.1) is 36.5 Å². The topological polar surface area (TPSA) is 169 Å². The molecule has 1 N–H and O–H groups in total. The fraction of sp³-hybridized carbons (Fsp3) is 0.308. The smallest absolute Gasteiger partial charge is 0.281 e.